The van der Waals surface area contributed by atoms with Crippen molar-refractivity contribution in [2.24, 2.45) is 5.92 Å². The van der Waals surface area contributed by atoms with Gasteiger partial charge in [0.2, 0.25) is 15.9 Å². The lowest BCUT2D eigenvalue weighted by atomic mass is 10.0. The third-order valence-electron chi connectivity index (χ3n) is 5.21. The van der Waals surface area contributed by atoms with E-state index in [4.69, 9.17) is 4.74 Å². The summed E-state index contributed by atoms with van der Waals surface area (Å²) >= 11 is 0. The van der Waals surface area contributed by atoms with Crippen LogP contribution in [0.25, 0.3) is 0 Å². The minimum absolute atomic E-state index is 0.165. The van der Waals surface area contributed by atoms with Crippen LogP contribution in [0.5, 0.6) is 0 Å². The second-order valence-corrected chi connectivity index (χ2v) is 10.5. The van der Waals surface area contributed by atoms with Gasteiger partial charge in [0.25, 0.3) is 0 Å². The van der Waals surface area contributed by atoms with Gasteiger partial charge in [0.15, 0.2) is 0 Å². The highest BCUT2D eigenvalue weighted by Crippen LogP contribution is 2.16. The zero-order valence-electron chi connectivity index (χ0n) is 18.2. The maximum Gasteiger partial charge on any atom is 0.241 e. The first-order chi connectivity index (χ1) is 13.5. The lowest BCUT2D eigenvalue weighted by Gasteiger charge is -2.41. The normalized spacial score (nSPS) is 17.3. The SMILES string of the molecule is Cc1ccc(S(=O)(=O)NC(CC(C)C)C(=O)NCC(C)(C)N2CCOCC2)cc1. The van der Waals surface area contributed by atoms with E-state index < -0.39 is 16.1 Å². The maximum absolute atomic E-state index is 12.9. The van der Waals surface area contributed by atoms with Crippen LogP contribution in [0.1, 0.15) is 39.7 Å². The summed E-state index contributed by atoms with van der Waals surface area (Å²) < 4.78 is 33.6. The number of carbonyl (C=O) groups excluding carboxylic acids is 1. The molecule has 1 aliphatic rings. The standard InChI is InChI=1S/C21H35N3O4S/c1-16(2)14-19(23-29(26,27)18-8-6-17(3)7-9-18)20(25)22-15-21(4,5)24-10-12-28-13-11-24/h6-9,16,19,23H,10-15H2,1-5H3,(H,22,25). The van der Waals surface area contributed by atoms with Gasteiger partial charge in [-0.25, -0.2) is 8.42 Å². The predicted molar refractivity (Wildman–Crippen MR) is 114 cm³/mol. The summed E-state index contributed by atoms with van der Waals surface area (Å²) in [6, 6.07) is 5.79. The fourth-order valence-corrected chi connectivity index (χ4v) is 4.57. The van der Waals surface area contributed by atoms with Crippen LogP contribution in [0.3, 0.4) is 0 Å². The van der Waals surface area contributed by atoms with Crippen LogP contribution in [0.2, 0.25) is 0 Å². The number of morpholine rings is 1. The molecule has 1 saturated heterocycles. The molecule has 0 spiro atoms. The van der Waals surface area contributed by atoms with Gasteiger partial charge >= 0.3 is 0 Å². The van der Waals surface area contributed by atoms with Gasteiger partial charge in [0.05, 0.1) is 18.1 Å². The van der Waals surface area contributed by atoms with E-state index in [0.717, 1.165) is 18.7 Å². The largest absolute Gasteiger partial charge is 0.379 e. The monoisotopic (exact) mass is 425 g/mol. The molecule has 1 atom stereocenters. The number of sulfonamides is 1. The van der Waals surface area contributed by atoms with Crippen LogP contribution in [0.15, 0.2) is 29.2 Å². The second-order valence-electron chi connectivity index (χ2n) is 8.75. The van der Waals surface area contributed by atoms with Crippen molar-refractivity contribution in [2.75, 3.05) is 32.8 Å². The number of ether oxygens (including phenoxy) is 1. The summed E-state index contributed by atoms with van der Waals surface area (Å²) in [6.07, 6.45) is 0.426. The van der Waals surface area contributed by atoms with Gasteiger partial charge in [-0.05, 0) is 45.2 Å². The molecule has 1 unspecified atom stereocenters. The Bertz CT molecular complexity index is 770. The van der Waals surface area contributed by atoms with Gasteiger partial charge in [-0.3, -0.25) is 9.69 Å². The van der Waals surface area contributed by atoms with Gasteiger partial charge in [0.1, 0.15) is 6.04 Å². The van der Waals surface area contributed by atoms with Crippen molar-refractivity contribution in [3.8, 4) is 0 Å². The molecule has 0 bridgehead atoms. The van der Waals surface area contributed by atoms with E-state index in [9.17, 15) is 13.2 Å². The van der Waals surface area contributed by atoms with Crippen molar-refractivity contribution >= 4 is 15.9 Å². The molecule has 0 aliphatic carbocycles. The molecule has 8 heteroatoms. The summed E-state index contributed by atoms with van der Waals surface area (Å²) in [5.74, 6) is -0.130. The Balaban J connectivity index is 2.06. The molecule has 7 nitrogen and oxygen atoms in total. The number of benzene rings is 1. The molecular weight excluding hydrogens is 390 g/mol. The molecule has 2 N–H and O–H groups in total. The summed E-state index contributed by atoms with van der Waals surface area (Å²) in [6.45, 7) is 13.4. The smallest absolute Gasteiger partial charge is 0.241 e. The van der Waals surface area contributed by atoms with E-state index in [1.165, 1.54) is 0 Å². The Kier molecular flexibility index (Phi) is 8.22. The van der Waals surface area contributed by atoms with E-state index in [2.05, 4.69) is 28.8 Å². The van der Waals surface area contributed by atoms with Gasteiger partial charge in [-0.1, -0.05) is 31.5 Å². The summed E-state index contributed by atoms with van der Waals surface area (Å²) in [5.41, 5.74) is 0.739. The Morgan fingerprint density at radius 3 is 2.31 bits per heavy atom. The van der Waals surface area contributed by atoms with E-state index in [1.54, 1.807) is 24.3 Å². The number of hydrogen-bond donors (Lipinski definition) is 2. The molecular formula is C21H35N3O4S. The highest BCUT2D eigenvalue weighted by Gasteiger charge is 2.31. The number of aryl methyl sites for hydroxylation is 1. The first-order valence-electron chi connectivity index (χ1n) is 10.2. The molecule has 2 rings (SSSR count). The molecule has 1 aromatic carbocycles. The molecule has 1 heterocycles. The number of amides is 1. The van der Waals surface area contributed by atoms with Gasteiger partial charge < -0.3 is 10.1 Å². The Hall–Kier alpha value is -1.48. The predicted octanol–water partition coefficient (Wildman–Crippen LogP) is 1.92. The molecule has 1 amide bonds. The third-order valence-corrected chi connectivity index (χ3v) is 6.70. The number of nitrogens with zero attached hydrogens (tertiary/aromatic N) is 1. The van der Waals surface area contributed by atoms with E-state index in [-0.39, 0.29) is 22.3 Å². The minimum Gasteiger partial charge on any atom is -0.379 e. The quantitative estimate of drug-likeness (QED) is 0.631. The first-order valence-corrected chi connectivity index (χ1v) is 11.7. The van der Waals surface area contributed by atoms with Crippen molar-refractivity contribution < 1.29 is 17.9 Å². The van der Waals surface area contributed by atoms with E-state index in [1.807, 2.05) is 20.8 Å². The topological polar surface area (TPSA) is 87.7 Å². The van der Waals surface area contributed by atoms with Gasteiger partial charge in [-0.15, -0.1) is 0 Å². The van der Waals surface area contributed by atoms with Crippen LogP contribution in [0, 0.1) is 12.8 Å². The number of nitrogens with one attached hydrogen (secondary N) is 2. The molecule has 1 aliphatic heterocycles. The fourth-order valence-electron chi connectivity index (χ4n) is 3.36. The zero-order chi connectivity index (χ0) is 21.7. The van der Waals surface area contributed by atoms with E-state index >= 15 is 0 Å². The molecule has 1 fully saturated rings. The lowest BCUT2D eigenvalue weighted by Crippen LogP contribution is -2.57. The van der Waals surface area contributed by atoms with Crippen molar-refractivity contribution in [2.45, 2.75) is 57.5 Å². The summed E-state index contributed by atoms with van der Waals surface area (Å²) in [5, 5.41) is 2.96. The average molecular weight is 426 g/mol. The Morgan fingerprint density at radius 2 is 1.76 bits per heavy atom. The minimum atomic E-state index is -3.78. The van der Waals surface area contributed by atoms with Crippen LogP contribution < -0.4 is 10.0 Å². The molecule has 164 valence electrons. The molecule has 0 radical (unpaired) electrons. The third kappa shape index (κ3) is 7.06. The van der Waals surface area contributed by atoms with Crippen molar-refractivity contribution in [3.63, 3.8) is 0 Å². The van der Waals surface area contributed by atoms with Crippen LogP contribution in [-0.4, -0.2) is 63.7 Å². The lowest BCUT2D eigenvalue weighted by molar-refractivity contribution is -0.123. The Labute approximate surface area is 175 Å². The first kappa shape index (κ1) is 23.8. The van der Waals surface area contributed by atoms with Crippen LogP contribution in [-0.2, 0) is 19.6 Å². The number of hydrogen-bond acceptors (Lipinski definition) is 5. The summed E-state index contributed by atoms with van der Waals surface area (Å²) in [7, 11) is -3.78. The van der Waals surface area contributed by atoms with Crippen molar-refractivity contribution in [1.29, 1.82) is 0 Å². The molecule has 29 heavy (non-hydrogen) atoms. The van der Waals surface area contributed by atoms with Gasteiger partial charge in [-0.2, -0.15) is 4.72 Å². The van der Waals surface area contributed by atoms with E-state index in [0.29, 0.717) is 26.2 Å². The van der Waals surface area contributed by atoms with Crippen molar-refractivity contribution in [1.82, 2.24) is 14.9 Å². The van der Waals surface area contributed by atoms with Gasteiger partial charge in [0, 0.05) is 25.2 Å². The fraction of sp³-hybridized carbons (Fsp3) is 0.667. The number of rotatable bonds is 9. The highest BCUT2D eigenvalue weighted by atomic mass is 32.2. The van der Waals surface area contributed by atoms with Crippen LogP contribution >= 0.6 is 0 Å². The Morgan fingerprint density at radius 1 is 1.17 bits per heavy atom. The molecule has 0 aromatic heterocycles. The maximum atomic E-state index is 12.9. The highest BCUT2D eigenvalue weighted by molar-refractivity contribution is 7.89. The molecule has 1 aromatic rings. The second kappa shape index (κ2) is 10.0. The van der Waals surface area contributed by atoms with Crippen molar-refractivity contribution in [3.05, 3.63) is 29.8 Å². The van der Waals surface area contributed by atoms with Crippen LogP contribution in [0.4, 0.5) is 0 Å². The number of carbonyl (C=O) groups is 1. The molecule has 0 saturated carbocycles. The average Bonchev–Trinajstić information content (AvgIpc) is 2.66. The summed E-state index contributed by atoms with van der Waals surface area (Å²) in [4.78, 5) is 15.3. The zero-order valence-corrected chi connectivity index (χ0v) is 19.0.